The first kappa shape index (κ1) is 24.9. The van der Waals surface area contributed by atoms with Crippen LogP contribution in [0, 0.1) is 5.82 Å². The Bertz CT molecular complexity index is 1110. The van der Waals surface area contributed by atoms with Crippen LogP contribution in [0.15, 0.2) is 72.8 Å². The Morgan fingerprint density at radius 1 is 0.943 bits per heavy atom. The van der Waals surface area contributed by atoms with Gasteiger partial charge in [-0.2, -0.15) is 0 Å². The summed E-state index contributed by atoms with van der Waals surface area (Å²) in [5, 5.41) is 0. The Labute approximate surface area is 208 Å². The highest BCUT2D eigenvalue weighted by atomic mass is 19.1. The first-order chi connectivity index (χ1) is 17.0. The van der Waals surface area contributed by atoms with Gasteiger partial charge in [-0.05, 0) is 66.9 Å². The van der Waals surface area contributed by atoms with Gasteiger partial charge in [-0.1, -0.05) is 36.4 Å². The van der Waals surface area contributed by atoms with Crippen LogP contribution in [0.4, 0.5) is 10.1 Å². The monoisotopic (exact) mass is 474 g/mol. The smallest absolute Gasteiger partial charge is 0.253 e. The molecule has 1 atom stereocenters. The van der Waals surface area contributed by atoms with E-state index in [1.807, 2.05) is 55.1 Å². The Balaban J connectivity index is 1.50. The number of halogens is 1. The van der Waals surface area contributed by atoms with E-state index in [1.54, 1.807) is 0 Å². The van der Waals surface area contributed by atoms with Crippen molar-refractivity contribution < 1.29 is 9.18 Å². The molecular formula is C29H35FN4O. The average molecular weight is 475 g/mol. The fourth-order valence-electron chi connectivity index (χ4n) is 4.82. The third-order valence-corrected chi connectivity index (χ3v) is 6.83. The Hall–Kier alpha value is -3.22. The van der Waals surface area contributed by atoms with Crippen LogP contribution in [-0.4, -0.2) is 53.3 Å². The molecule has 0 spiro atoms. The zero-order valence-electron chi connectivity index (χ0n) is 20.7. The Morgan fingerprint density at radius 3 is 2.26 bits per heavy atom. The quantitative estimate of drug-likeness (QED) is 0.470. The highest BCUT2D eigenvalue weighted by Gasteiger charge is 2.28. The molecule has 0 aromatic heterocycles. The summed E-state index contributed by atoms with van der Waals surface area (Å²) in [6.45, 7) is 9.69. The van der Waals surface area contributed by atoms with Crippen molar-refractivity contribution >= 4 is 11.6 Å². The summed E-state index contributed by atoms with van der Waals surface area (Å²) in [6, 6.07) is 23.1. The summed E-state index contributed by atoms with van der Waals surface area (Å²) in [4.78, 5) is 19.4. The van der Waals surface area contributed by atoms with Crippen molar-refractivity contribution in [2.24, 2.45) is 0 Å². The van der Waals surface area contributed by atoms with E-state index in [1.165, 1.54) is 23.3 Å². The second-order valence-electron chi connectivity index (χ2n) is 9.19. The number of nitrogens with zero attached hydrogens (tertiary/aromatic N) is 3. The minimum Gasteiger partial charge on any atom is -0.399 e. The molecule has 1 saturated heterocycles. The van der Waals surface area contributed by atoms with E-state index in [0.717, 1.165) is 49.5 Å². The van der Waals surface area contributed by atoms with Crippen molar-refractivity contribution in [3.8, 4) is 0 Å². The van der Waals surface area contributed by atoms with Crippen LogP contribution in [-0.2, 0) is 13.1 Å². The minimum atomic E-state index is -0.207. The molecule has 1 heterocycles. The van der Waals surface area contributed by atoms with Crippen molar-refractivity contribution in [3.63, 3.8) is 0 Å². The fraction of sp³-hybridized carbons (Fsp3) is 0.345. The number of hydrogen-bond donors (Lipinski definition) is 1. The number of rotatable bonds is 8. The molecular weight excluding hydrogens is 439 g/mol. The summed E-state index contributed by atoms with van der Waals surface area (Å²) < 4.78 is 13.3. The Morgan fingerprint density at radius 2 is 1.60 bits per heavy atom. The van der Waals surface area contributed by atoms with Gasteiger partial charge in [0.15, 0.2) is 0 Å². The van der Waals surface area contributed by atoms with Gasteiger partial charge >= 0.3 is 0 Å². The molecule has 1 unspecified atom stereocenters. The maximum absolute atomic E-state index is 13.3. The molecule has 5 nitrogen and oxygen atoms in total. The summed E-state index contributed by atoms with van der Waals surface area (Å²) in [5.41, 5.74) is 11.1. The van der Waals surface area contributed by atoms with Gasteiger partial charge in [-0.3, -0.25) is 14.6 Å². The molecule has 0 radical (unpaired) electrons. The van der Waals surface area contributed by atoms with Gasteiger partial charge in [0.05, 0.1) is 0 Å². The molecule has 35 heavy (non-hydrogen) atoms. The van der Waals surface area contributed by atoms with Crippen LogP contribution >= 0.6 is 0 Å². The van der Waals surface area contributed by atoms with Crippen molar-refractivity contribution in [2.75, 3.05) is 38.5 Å². The first-order valence-corrected chi connectivity index (χ1v) is 12.4. The lowest BCUT2D eigenvalue weighted by atomic mass is 10.00. The first-order valence-electron chi connectivity index (χ1n) is 12.4. The lowest BCUT2D eigenvalue weighted by Gasteiger charge is -2.42. The van der Waals surface area contributed by atoms with Crippen LogP contribution in [0.1, 0.15) is 46.9 Å². The minimum absolute atomic E-state index is 0.0774. The number of nitrogens with two attached hydrogens (primary N) is 1. The van der Waals surface area contributed by atoms with Gasteiger partial charge in [0.2, 0.25) is 0 Å². The fourth-order valence-corrected chi connectivity index (χ4v) is 4.82. The number of carbonyl (C=O) groups is 1. The molecule has 1 aliphatic rings. The van der Waals surface area contributed by atoms with E-state index in [2.05, 4.69) is 34.1 Å². The summed E-state index contributed by atoms with van der Waals surface area (Å²) >= 11 is 0. The van der Waals surface area contributed by atoms with Gasteiger partial charge in [0, 0.05) is 63.1 Å². The summed E-state index contributed by atoms with van der Waals surface area (Å²) in [6.07, 6.45) is 0. The SMILES string of the molecule is CCN(CC)C(=O)c1ccc(CN2CCN(Cc3ccc(F)cc3)CC2c2cccc(N)c2)cc1. The van der Waals surface area contributed by atoms with Crippen molar-refractivity contribution in [1.82, 2.24) is 14.7 Å². The number of carbonyl (C=O) groups excluding carboxylic acids is 1. The molecule has 1 amide bonds. The number of piperazine rings is 1. The maximum atomic E-state index is 13.3. The molecule has 2 N–H and O–H groups in total. The molecule has 3 aromatic carbocycles. The number of benzene rings is 3. The molecule has 1 aliphatic heterocycles. The van der Waals surface area contributed by atoms with Gasteiger partial charge in [0.1, 0.15) is 5.82 Å². The number of nitrogen functional groups attached to an aromatic ring is 1. The molecule has 3 aromatic rings. The molecule has 4 rings (SSSR count). The highest BCUT2D eigenvalue weighted by Crippen LogP contribution is 2.29. The standard InChI is InChI=1S/C29H35FN4O/c1-3-33(4-2)29(35)24-12-8-23(9-13-24)20-34-17-16-32(19-22-10-14-26(30)15-11-22)21-28(34)25-6-5-7-27(31)18-25/h5-15,18,28H,3-4,16-17,19-21,31H2,1-2H3. The maximum Gasteiger partial charge on any atom is 0.253 e. The largest absolute Gasteiger partial charge is 0.399 e. The summed E-state index contributed by atoms with van der Waals surface area (Å²) in [7, 11) is 0. The van der Waals surface area contributed by atoms with E-state index in [9.17, 15) is 9.18 Å². The van der Waals surface area contributed by atoms with E-state index in [-0.39, 0.29) is 17.8 Å². The van der Waals surface area contributed by atoms with E-state index in [0.29, 0.717) is 13.1 Å². The van der Waals surface area contributed by atoms with E-state index in [4.69, 9.17) is 5.73 Å². The topological polar surface area (TPSA) is 52.8 Å². The van der Waals surface area contributed by atoms with Crippen LogP contribution in [0.2, 0.25) is 0 Å². The van der Waals surface area contributed by atoms with Crippen LogP contribution in [0.5, 0.6) is 0 Å². The molecule has 184 valence electrons. The molecule has 0 bridgehead atoms. The van der Waals surface area contributed by atoms with Gasteiger partial charge < -0.3 is 10.6 Å². The number of anilines is 1. The number of amides is 1. The second-order valence-corrected chi connectivity index (χ2v) is 9.19. The molecule has 0 saturated carbocycles. The summed E-state index contributed by atoms with van der Waals surface area (Å²) in [5.74, 6) is -0.130. The Kier molecular flexibility index (Phi) is 8.16. The lowest BCUT2D eigenvalue weighted by molar-refractivity contribution is 0.0636. The molecule has 1 fully saturated rings. The number of hydrogen-bond acceptors (Lipinski definition) is 4. The van der Waals surface area contributed by atoms with E-state index < -0.39 is 0 Å². The normalized spacial score (nSPS) is 16.8. The van der Waals surface area contributed by atoms with Crippen molar-refractivity contribution in [3.05, 3.63) is 101 Å². The van der Waals surface area contributed by atoms with Crippen LogP contribution in [0.25, 0.3) is 0 Å². The molecule has 6 heteroatoms. The average Bonchev–Trinajstić information content (AvgIpc) is 2.87. The van der Waals surface area contributed by atoms with Crippen molar-refractivity contribution in [2.45, 2.75) is 33.0 Å². The second kappa shape index (κ2) is 11.5. The lowest BCUT2D eigenvalue weighted by Crippen LogP contribution is -2.47. The van der Waals surface area contributed by atoms with Crippen LogP contribution < -0.4 is 5.73 Å². The van der Waals surface area contributed by atoms with Crippen LogP contribution in [0.3, 0.4) is 0 Å². The van der Waals surface area contributed by atoms with Gasteiger partial charge in [-0.25, -0.2) is 4.39 Å². The highest BCUT2D eigenvalue weighted by molar-refractivity contribution is 5.94. The predicted octanol–water partition coefficient (Wildman–Crippen LogP) is 4.95. The van der Waals surface area contributed by atoms with Crippen molar-refractivity contribution in [1.29, 1.82) is 0 Å². The predicted molar refractivity (Wildman–Crippen MR) is 139 cm³/mol. The van der Waals surface area contributed by atoms with E-state index >= 15 is 0 Å². The van der Waals surface area contributed by atoms with Gasteiger partial charge in [-0.15, -0.1) is 0 Å². The van der Waals surface area contributed by atoms with Gasteiger partial charge in [0.25, 0.3) is 5.91 Å². The zero-order valence-corrected chi connectivity index (χ0v) is 20.7. The third-order valence-electron chi connectivity index (χ3n) is 6.83. The molecule has 0 aliphatic carbocycles. The third kappa shape index (κ3) is 6.27. The zero-order chi connectivity index (χ0) is 24.8.